The van der Waals surface area contributed by atoms with Crippen LogP contribution in [0.2, 0.25) is 0 Å². The van der Waals surface area contributed by atoms with Crippen molar-refractivity contribution in [2.45, 2.75) is 31.3 Å². The number of rotatable bonds is 5. The summed E-state index contributed by atoms with van der Waals surface area (Å²) < 4.78 is 0. The molecule has 0 amide bonds. The van der Waals surface area contributed by atoms with Crippen LogP contribution in [0.4, 0.5) is 0 Å². The fourth-order valence-electron chi connectivity index (χ4n) is 2.97. The number of hydrogen-bond acceptors (Lipinski definition) is 2. The summed E-state index contributed by atoms with van der Waals surface area (Å²) in [5, 5.41) is 3.67. The van der Waals surface area contributed by atoms with Crippen LogP contribution in [0.3, 0.4) is 0 Å². The van der Waals surface area contributed by atoms with E-state index in [2.05, 4.69) is 41.1 Å². The Bertz CT molecular complexity index is 423. The summed E-state index contributed by atoms with van der Waals surface area (Å²) in [6, 6.07) is 10.2. The minimum Gasteiger partial charge on any atom is -0.309 e. The van der Waals surface area contributed by atoms with Gasteiger partial charge >= 0.3 is 0 Å². The number of nitrogens with one attached hydrogen (secondary N) is 1. The van der Waals surface area contributed by atoms with Crippen molar-refractivity contribution in [2.24, 2.45) is 0 Å². The second kappa shape index (κ2) is 5.25. The minimum atomic E-state index is 0.496. The van der Waals surface area contributed by atoms with Crippen LogP contribution in [0.15, 0.2) is 36.9 Å². The molecule has 0 spiro atoms. The van der Waals surface area contributed by atoms with E-state index in [0.717, 1.165) is 32.1 Å². The molecule has 1 aliphatic carbocycles. The Labute approximate surface area is 110 Å². The van der Waals surface area contributed by atoms with Gasteiger partial charge in [0.15, 0.2) is 0 Å². The highest BCUT2D eigenvalue weighted by molar-refractivity contribution is 5.32. The third-order valence-electron chi connectivity index (χ3n) is 4.06. The maximum absolute atomic E-state index is 3.89. The lowest BCUT2D eigenvalue weighted by Gasteiger charge is -2.32. The first-order chi connectivity index (χ1) is 8.88. The Kier molecular flexibility index (Phi) is 3.48. The first-order valence-corrected chi connectivity index (χ1v) is 7.04. The van der Waals surface area contributed by atoms with Gasteiger partial charge in [0.25, 0.3) is 0 Å². The third kappa shape index (κ3) is 2.50. The summed E-state index contributed by atoms with van der Waals surface area (Å²) in [5.41, 5.74) is 3.02. The second-order valence-electron chi connectivity index (χ2n) is 5.43. The van der Waals surface area contributed by atoms with Crippen LogP contribution in [-0.2, 0) is 6.42 Å². The van der Waals surface area contributed by atoms with Crippen molar-refractivity contribution >= 4 is 0 Å². The quantitative estimate of drug-likeness (QED) is 0.798. The standard InChI is InChI=1S/C16H22N2/c1-2-11-18(14-7-8-14)12-16-15-6-4-3-5-13(15)9-10-17-16/h2-6,14,16-17H,1,7-12H2. The summed E-state index contributed by atoms with van der Waals surface area (Å²) in [7, 11) is 0. The van der Waals surface area contributed by atoms with Gasteiger partial charge in [-0.2, -0.15) is 0 Å². The summed E-state index contributed by atoms with van der Waals surface area (Å²) >= 11 is 0. The largest absolute Gasteiger partial charge is 0.309 e. The fourth-order valence-corrected chi connectivity index (χ4v) is 2.97. The Balaban J connectivity index is 1.74. The fraction of sp³-hybridized carbons (Fsp3) is 0.500. The van der Waals surface area contributed by atoms with Gasteiger partial charge in [0.1, 0.15) is 0 Å². The predicted octanol–water partition coefficient (Wildman–Crippen LogP) is 2.52. The van der Waals surface area contributed by atoms with Crippen molar-refractivity contribution in [1.29, 1.82) is 0 Å². The molecule has 0 aromatic heterocycles. The van der Waals surface area contributed by atoms with Crippen LogP contribution in [0.1, 0.15) is 30.0 Å². The average molecular weight is 242 g/mol. The van der Waals surface area contributed by atoms with Crippen LogP contribution >= 0.6 is 0 Å². The molecule has 1 N–H and O–H groups in total. The summed E-state index contributed by atoms with van der Waals surface area (Å²) in [5.74, 6) is 0. The molecule has 2 heteroatoms. The zero-order valence-corrected chi connectivity index (χ0v) is 10.9. The highest BCUT2D eigenvalue weighted by atomic mass is 15.2. The summed E-state index contributed by atoms with van der Waals surface area (Å²) in [6.07, 6.45) is 5.93. The van der Waals surface area contributed by atoms with Crippen molar-refractivity contribution < 1.29 is 0 Å². The number of fused-ring (bicyclic) bond motifs is 1. The number of benzene rings is 1. The molecular weight excluding hydrogens is 220 g/mol. The highest BCUT2D eigenvalue weighted by Gasteiger charge is 2.31. The van der Waals surface area contributed by atoms with E-state index >= 15 is 0 Å². The smallest absolute Gasteiger partial charge is 0.0452 e. The molecular formula is C16H22N2. The van der Waals surface area contributed by atoms with E-state index in [0.29, 0.717) is 6.04 Å². The van der Waals surface area contributed by atoms with Crippen LogP contribution < -0.4 is 5.32 Å². The number of nitrogens with zero attached hydrogens (tertiary/aromatic N) is 1. The minimum absolute atomic E-state index is 0.496. The molecule has 3 rings (SSSR count). The Hall–Kier alpha value is -1.12. The monoisotopic (exact) mass is 242 g/mol. The lowest BCUT2D eigenvalue weighted by molar-refractivity contribution is 0.252. The van der Waals surface area contributed by atoms with E-state index in [-0.39, 0.29) is 0 Å². The van der Waals surface area contributed by atoms with Crippen LogP contribution in [-0.4, -0.2) is 30.6 Å². The molecule has 0 radical (unpaired) electrons. The molecule has 1 unspecified atom stereocenters. The van der Waals surface area contributed by atoms with Gasteiger partial charge in [0.05, 0.1) is 0 Å². The molecule has 18 heavy (non-hydrogen) atoms. The Morgan fingerprint density at radius 3 is 2.94 bits per heavy atom. The molecule has 2 aliphatic rings. The van der Waals surface area contributed by atoms with Gasteiger partial charge in [-0.3, -0.25) is 4.90 Å². The molecule has 1 saturated carbocycles. The van der Waals surface area contributed by atoms with E-state index in [4.69, 9.17) is 0 Å². The van der Waals surface area contributed by atoms with Crippen LogP contribution in [0.5, 0.6) is 0 Å². The van der Waals surface area contributed by atoms with E-state index in [1.165, 1.54) is 24.0 Å². The zero-order chi connectivity index (χ0) is 12.4. The highest BCUT2D eigenvalue weighted by Crippen LogP contribution is 2.30. The number of hydrogen-bond donors (Lipinski definition) is 1. The van der Waals surface area contributed by atoms with Gasteiger partial charge in [-0.1, -0.05) is 30.3 Å². The lowest BCUT2D eigenvalue weighted by Crippen LogP contribution is -2.40. The maximum atomic E-state index is 3.89. The van der Waals surface area contributed by atoms with Gasteiger partial charge in [-0.25, -0.2) is 0 Å². The van der Waals surface area contributed by atoms with Crippen molar-refractivity contribution in [2.75, 3.05) is 19.6 Å². The first-order valence-electron chi connectivity index (χ1n) is 7.04. The van der Waals surface area contributed by atoms with Gasteiger partial charge in [0.2, 0.25) is 0 Å². The van der Waals surface area contributed by atoms with Gasteiger partial charge in [-0.05, 0) is 36.9 Å². The Morgan fingerprint density at radius 1 is 1.33 bits per heavy atom. The van der Waals surface area contributed by atoms with Gasteiger partial charge < -0.3 is 5.32 Å². The molecule has 1 aromatic carbocycles. The van der Waals surface area contributed by atoms with Crippen LogP contribution in [0, 0.1) is 0 Å². The van der Waals surface area contributed by atoms with Crippen molar-refractivity contribution in [3.8, 4) is 0 Å². The summed E-state index contributed by atoms with van der Waals surface area (Å²) in [4.78, 5) is 2.58. The SMILES string of the molecule is C=CCN(CC1NCCc2ccccc21)C1CC1. The predicted molar refractivity (Wildman–Crippen MR) is 75.7 cm³/mol. The van der Waals surface area contributed by atoms with E-state index < -0.39 is 0 Å². The molecule has 1 aromatic rings. The van der Waals surface area contributed by atoms with Gasteiger partial charge in [0, 0.05) is 25.2 Å². The normalized spacial score (nSPS) is 22.8. The van der Waals surface area contributed by atoms with Gasteiger partial charge in [-0.15, -0.1) is 6.58 Å². The van der Waals surface area contributed by atoms with E-state index in [1.807, 2.05) is 6.08 Å². The van der Waals surface area contributed by atoms with E-state index in [1.54, 1.807) is 0 Å². The third-order valence-corrected chi connectivity index (χ3v) is 4.06. The molecule has 2 nitrogen and oxygen atoms in total. The van der Waals surface area contributed by atoms with E-state index in [9.17, 15) is 0 Å². The lowest BCUT2D eigenvalue weighted by atomic mass is 9.94. The van der Waals surface area contributed by atoms with Crippen molar-refractivity contribution in [3.63, 3.8) is 0 Å². The molecule has 1 atom stereocenters. The summed E-state index contributed by atoms with van der Waals surface area (Å²) in [6.45, 7) is 7.13. The topological polar surface area (TPSA) is 15.3 Å². The molecule has 0 bridgehead atoms. The average Bonchev–Trinajstić information content (AvgIpc) is 3.23. The van der Waals surface area contributed by atoms with Crippen molar-refractivity contribution in [1.82, 2.24) is 10.2 Å². The Morgan fingerprint density at radius 2 is 2.17 bits per heavy atom. The zero-order valence-electron chi connectivity index (χ0n) is 10.9. The molecule has 1 fully saturated rings. The second-order valence-corrected chi connectivity index (χ2v) is 5.43. The molecule has 0 saturated heterocycles. The molecule has 1 aliphatic heterocycles. The van der Waals surface area contributed by atoms with Crippen LogP contribution in [0.25, 0.3) is 0 Å². The first kappa shape index (κ1) is 11.9. The molecule has 96 valence electrons. The maximum Gasteiger partial charge on any atom is 0.0452 e. The van der Waals surface area contributed by atoms with Crippen molar-refractivity contribution in [3.05, 3.63) is 48.0 Å². The molecule has 1 heterocycles.